The Balaban J connectivity index is 2.06. The van der Waals surface area contributed by atoms with Crippen LogP contribution in [0.5, 0.6) is 5.75 Å². The van der Waals surface area contributed by atoms with Crippen molar-refractivity contribution in [2.45, 2.75) is 13.2 Å². The molecule has 0 saturated heterocycles. The number of ether oxygens (including phenoxy) is 1. The Hall–Kier alpha value is -2.69. The molecule has 0 radical (unpaired) electrons. The van der Waals surface area contributed by atoms with Crippen LogP contribution in [0.15, 0.2) is 53.7 Å². The number of nitrogens with one attached hydrogen (secondary N) is 1. The molecular formula is C16H16N2O3. The number of para-hydroxylation sites is 1. The molecule has 0 fully saturated rings. The minimum absolute atomic E-state index is 0.167. The van der Waals surface area contributed by atoms with Crippen molar-refractivity contribution < 1.29 is 9.53 Å². The molecule has 1 N–H and O–H groups in total. The second kappa shape index (κ2) is 7.19. The Morgan fingerprint density at radius 3 is 2.43 bits per heavy atom. The van der Waals surface area contributed by atoms with Gasteiger partial charge in [0.2, 0.25) is 0 Å². The summed E-state index contributed by atoms with van der Waals surface area (Å²) in [6.45, 7) is 0.517. The van der Waals surface area contributed by atoms with Crippen LogP contribution in [0.4, 0.5) is 0 Å². The van der Waals surface area contributed by atoms with Gasteiger partial charge in [0.1, 0.15) is 18.9 Å². The first-order valence-corrected chi connectivity index (χ1v) is 6.55. The van der Waals surface area contributed by atoms with Gasteiger partial charge in [-0.1, -0.05) is 41.6 Å². The normalized spacial score (nSPS) is 9.95. The van der Waals surface area contributed by atoms with Crippen molar-refractivity contribution >= 4 is 5.91 Å². The quantitative estimate of drug-likeness (QED) is 0.829. The zero-order chi connectivity index (χ0) is 15.1. The lowest BCUT2D eigenvalue weighted by atomic mass is 10.1. The highest BCUT2D eigenvalue weighted by Crippen LogP contribution is 2.19. The van der Waals surface area contributed by atoms with E-state index in [2.05, 4.69) is 10.5 Å². The standard InChI is InChI=1S/C16H16N2O3/c1-17-16(19)14-4-2-3-5-15(14)21-11-13-8-6-12(7-9-13)10-18-20/h2-9H,10-11H2,1H3,(H,17,19). The maximum atomic E-state index is 11.7. The van der Waals surface area contributed by atoms with Crippen molar-refractivity contribution in [2.24, 2.45) is 5.18 Å². The molecular weight excluding hydrogens is 268 g/mol. The van der Waals surface area contributed by atoms with Gasteiger partial charge in [-0.15, -0.1) is 0 Å². The van der Waals surface area contributed by atoms with Crippen LogP contribution < -0.4 is 10.1 Å². The molecule has 21 heavy (non-hydrogen) atoms. The van der Waals surface area contributed by atoms with E-state index in [0.29, 0.717) is 17.9 Å². The minimum atomic E-state index is -0.182. The van der Waals surface area contributed by atoms with Crippen LogP contribution in [0, 0.1) is 4.91 Å². The van der Waals surface area contributed by atoms with E-state index in [1.165, 1.54) is 0 Å². The molecule has 0 heterocycles. The van der Waals surface area contributed by atoms with Gasteiger partial charge in [0.25, 0.3) is 5.91 Å². The van der Waals surface area contributed by atoms with Gasteiger partial charge in [-0.25, -0.2) is 0 Å². The topological polar surface area (TPSA) is 67.8 Å². The molecule has 2 aromatic rings. The average molecular weight is 284 g/mol. The smallest absolute Gasteiger partial charge is 0.254 e. The number of carbonyl (C=O) groups is 1. The van der Waals surface area contributed by atoms with Crippen LogP contribution in [0.3, 0.4) is 0 Å². The van der Waals surface area contributed by atoms with E-state index in [1.807, 2.05) is 30.3 Å². The molecule has 0 aliphatic carbocycles. The summed E-state index contributed by atoms with van der Waals surface area (Å²) in [7, 11) is 1.58. The molecule has 0 spiro atoms. The average Bonchev–Trinajstić information content (AvgIpc) is 2.54. The lowest BCUT2D eigenvalue weighted by Gasteiger charge is -2.10. The number of hydrogen-bond acceptors (Lipinski definition) is 4. The van der Waals surface area contributed by atoms with Crippen LogP contribution >= 0.6 is 0 Å². The molecule has 2 aromatic carbocycles. The number of amides is 1. The highest BCUT2D eigenvalue weighted by atomic mass is 16.5. The number of hydrogen-bond donors (Lipinski definition) is 1. The summed E-state index contributed by atoms with van der Waals surface area (Å²) in [6, 6.07) is 14.5. The second-order valence-corrected chi connectivity index (χ2v) is 4.47. The Labute approximate surface area is 122 Å². The van der Waals surface area contributed by atoms with Crippen molar-refractivity contribution in [1.29, 1.82) is 0 Å². The molecule has 0 bridgehead atoms. The highest BCUT2D eigenvalue weighted by Gasteiger charge is 2.10. The van der Waals surface area contributed by atoms with Gasteiger partial charge in [-0.2, -0.15) is 4.91 Å². The zero-order valence-corrected chi connectivity index (χ0v) is 11.7. The van der Waals surface area contributed by atoms with Gasteiger partial charge in [0, 0.05) is 7.05 Å². The lowest BCUT2D eigenvalue weighted by Crippen LogP contribution is -2.18. The van der Waals surface area contributed by atoms with Crippen LogP contribution in [-0.4, -0.2) is 13.0 Å². The van der Waals surface area contributed by atoms with Gasteiger partial charge in [-0.3, -0.25) is 4.79 Å². The molecule has 1 amide bonds. The Kier molecular flexibility index (Phi) is 5.04. The Morgan fingerprint density at radius 2 is 1.76 bits per heavy atom. The molecule has 0 aliphatic heterocycles. The van der Waals surface area contributed by atoms with E-state index in [4.69, 9.17) is 4.74 Å². The molecule has 0 aromatic heterocycles. The summed E-state index contributed by atoms with van der Waals surface area (Å²) in [5.74, 6) is 0.355. The monoisotopic (exact) mass is 284 g/mol. The van der Waals surface area contributed by atoms with Crippen molar-refractivity contribution in [3.8, 4) is 5.75 Å². The fraction of sp³-hybridized carbons (Fsp3) is 0.188. The second-order valence-electron chi connectivity index (χ2n) is 4.47. The maximum Gasteiger partial charge on any atom is 0.254 e. The molecule has 108 valence electrons. The van der Waals surface area contributed by atoms with Crippen molar-refractivity contribution in [1.82, 2.24) is 5.32 Å². The van der Waals surface area contributed by atoms with Crippen molar-refractivity contribution in [3.05, 3.63) is 70.1 Å². The lowest BCUT2D eigenvalue weighted by molar-refractivity contribution is 0.0958. The van der Waals surface area contributed by atoms with Gasteiger partial charge < -0.3 is 10.1 Å². The summed E-state index contributed by atoms with van der Waals surface area (Å²) in [6.07, 6.45) is 0. The Morgan fingerprint density at radius 1 is 1.10 bits per heavy atom. The maximum absolute atomic E-state index is 11.7. The first-order valence-electron chi connectivity index (χ1n) is 6.55. The van der Waals surface area contributed by atoms with Crippen LogP contribution in [0.1, 0.15) is 21.5 Å². The molecule has 0 unspecified atom stereocenters. The third-order valence-corrected chi connectivity index (χ3v) is 3.02. The summed E-state index contributed by atoms with van der Waals surface area (Å²) < 4.78 is 5.70. The molecule has 0 aliphatic rings. The molecule has 0 saturated carbocycles. The van der Waals surface area contributed by atoms with E-state index in [1.54, 1.807) is 25.2 Å². The fourth-order valence-electron chi connectivity index (χ4n) is 1.89. The van der Waals surface area contributed by atoms with E-state index < -0.39 is 0 Å². The van der Waals surface area contributed by atoms with Crippen LogP contribution in [0.25, 0.3) is 0 Å². The van der Waals surface area contributed by atoms with E-state index >= 15 is 0 Å². The van der Waals surface area contributed by atoms with Gasteiger partial charge in [0.05, 0.1) is 5.56 Å². The first-order chi connectivity index (χ1) is 10.2. The minimum Gasteiger partial charge on any atom is -0.488 e. The zero-order valence-electron chi connectivity index (χ0n) is 11.7. The molecule has 5 nitrogen and oxygen atoms in total. The van der Waals surface area contributed by atoms with Crippen molar-refractivity contribution in [2.75, 3.05) is 7.05 Å². The van der Waals surface area contributed by atoms with Crippen LogP contribution in [0.2, 0.25) is 0 Å². The third-order valence-electron chi connectivity index (χ3n) is 3.02. The number of rotatable bonds is 6. The van der Waals surface area contributed by atoms with E-state index in [9.17, 15) is 9.70 Å². The number of benzene rings is 2. The fourth-order valence-corrected chi connectivity index (χ4v) is 1.89. The van der Waals surface area contributed by atoms with Gasteiger partial charge >= 0.3 is 0 Å². The summed E-state index contributed by atoms with van der Waals surface area (Å²) in [5.41, 5.74) is 2.32. The Bertz CT molecular complexity index is 624. The predicted molar refractivity (Wildman–Crippen MR) is 80.1 cm³/mol. The molecule has 0 atom stereocenters. The number of carbonyl (C=O) groups excluding carboxylic acids is 1. The molecule has 2 rings (SSSR count). The third kappa shape index (κ3) is 3.89. The summed E-state index contributed by atoms with van der Waals surface area (Å²) in [5, 5.41) is 5.43. The SMILES string of the molecule is CNC(=O)c1ccccc1OCc1ccc(CN=O)cc1. The largest absolute Gasteiger partial charge is 0.488 e. The number of nitroso groups, excluding NO2 is 1. The van der Waals surface area contributed by atoms with Gasteiger partial charge in [-0.05, 0) is 23.3 Å². The van der Waals surface area contributed by atoms with Crippen molar-refractivity contribution in [3.63, 3.8) is 0 Å². The number of nitrogens with zero attached hydrogens (tertiary/aromatic N) is 1. The first kappa shape index (κ1) is 14.7. The summed E-state index contributed by atoms with van der Waals surface area (Å²) in [4.78, 5) is 21.9. The van der Waals surface area contributed by atoms with E-state index in [-0.39, 0.29) is 12.5 Å². The highest BCUT2D eigenvalue weighted by molar-refractivity contribution is 5.96. The van der Waals surface area contributed by atoms with Gasteiger partial charge in [0.15, 0.2) is 0 Å². The molecule has 5 heteroatoms. The van der Waals surface area contributed by atoms with E-state index in [0.717, 1.165) is 11.1 Å². The predicted octanol–water partition coefficient (Wildman–Crippen LogP) is 2.89. The summed E-state index contributed by atoms with van der Waals surface area (Å²) >= 11 is 0. The van der Waals surface area contributed by atoms with Crippen LogP contribution in [-0.2, 0) is 13.2 Å².